The summed E-state index contributed by atoms with van der Waals surface area (Å²) in [7, 11) is 0. The summed E-state index contributed by atoms with van der Waals surface area (Å²) >= 11 is 0. The molecule has 19 heavy (non-hydrogen) atoms. The molecule has 2 rings (SSSR count). The van der Waals surface area contributed by atoms with Gasteiger partial charge in [0.05, 0.1) is 6.54 Å². The van der Waals surface area contributed by atoms with E-state index in [1.165, 1.54) is 19.3 Å². The van der Waals surface area contributed by atoms with Crippen molar-refractivity contribution in [3.8, 4) is 0 Å². The van der Waals surface area contributed by atoms with Gasteiger partial charge in [-0.25, -0.2) is 0 Å². The van der Waals surface area contributed by atoms with Crippen molar-refractivity contribution in [1.29, 1.82) is 0 Å². The van der Waals surface area contributed by atoms with Crippen molar-refractivity contribution in [1.82, 2.24) is 10.2 Å². The minimum atomic E-state index is 0.114. The lowest BCUT2D eigenvalue weighted by Crippen LogP contribution is -2.54. The first-order valence-corrected chi connectivity index (χ1v) is 7.75. The Bertz CT molecular complexity index is 311. The third-order valence-corrected chi connectivity index (χ3v) is 4.73. The Labute approximate surface area is 117 Å². The lowest BCUT2D eigenvalue weighted by Gasteiger charge is -2.42. The van der Waals surface area contributed by atoms with Crippen LogP contribution in [0.15, 0.2) is 0 Å². The predicted molar refractivity (Wildman–Crippen MR) is 77.8 cm³/mol. The summed E-state index contributed by atoms with van der Waals surface area (Å²) in [6.45, 7) is 6.80. The minimum Gasteiger partial charge on any atom is -0.352 e. The molecule has 110 valence electrons. The molecule has 1 saturated carbocycles. The first-order chi connectivity index (χ1) is 8.97. The van der Waals surface area contributed by atoms with Crippen LogP contribution in [0, 0.1) is 5.41 Å². The van der Waals surface area contributed by atoms with Crippen molar-refractivity contribution in [2.45, 2.75) is 64.5 Å². The molecule has 1 heterocycles. The van der Waals surface area contributed by atoms with Crippen LogP contribution in [-0.2, 0) is 4.79 Å². The Balaban J connectivity index is 1.76. The highest BCUT2D eigenvalue weighted by Gasteiger charge is 2.34. The van der Waals surface area contributed by atoms with Gasteiger partial charge in [0.2, 0.25) is 5.91 Å². The van der Waals surface area contributed by atoms with Gasteiger partial charge in [-0.2, -0.15) is 0 Å². The first-order valence-electron chi connectivity index (χ1n) is 7.75. The van der Waals surface area contributed by atoms with E-state index < -0.39 is 0 Å². The van der Waals surface area contributed by atoms with E-state index >= 15 is 0 Å². The Morgan fingerprint density at radius 1 is 1.26 bits per heavy atom. The fourth-order valence-corrected chi connectivity index (χ4v) is 3.34. The summed E-state index contributed by atoms with van der Waals surface area (Å²) < 4.78 is 0. The van der Waals surface area contributed by atoms with E-state index in [4.69, 9.17) is 5.73 Å². The Hall–Kier alpha value is -0.610. The normalized spacial score (nSPS) is 29.1. The molecule has 1 unspecified atom stereocenters. The highest BCUT2D eigenvalue weighted by Crippen LogP contribution is 2.27. The molecule has 0 radical (unpaired) electrons. The molecule has 2 fully saturated rings. The van der Waals surface area contributed by atoms with Gasteiger partial charge in [-0.05, 0) is 24.7 Å². The molecule has 0 aromatic rings. The van der Waals surface area contributed by atoms with Crippen LogP contribution in [0.2, 0.25) is 0 Å². The van der Waals surface area contributed by atoms with E-state index in [-0.39, 0.29) is 17.4 Å². The fraction of sp³-hybridized carbons (Fsp3) is 0.933. The van der Waals surface area contributed by atoms with E-state index in [1.807, 2.05) is 0 Å². The number of nitrogens with one attached hydrogen (secondary N) is 1. The summed E-state index contributed by atoms with van der Waals surface area (Å²) in [6, 6.07) is 0.673. The molecule has 0 aromatic heterocycles. The van der Waals surface area contributed by atoms with Gasteiger partial charge in [0.15, 0.2) is 0 Å². The van der Waals surface area contributed by atoms with Gasteiger partial charge >= 0.3 is 0 Å². The van der Waals surface area contributed by atoms with Crippen molar-refractivity contribution in [3.63, 3.8) is 0 Å². The number of rotatable bonds is 3. The van der Waals surface area contributed by atoms with E-state index in [2.05, 4.69) is 24.1 Å². The van der Waals surface area contributed by atoms with Gasteiger partial charge in [-0.1, -0.05) is 33.1 Å². The lowest BCUT2D eigenvalue weighted by molar-refractivity contribution is -0.124. The van der Waals surface area contributed by atoms with Crippen LogP contribution >= 0.6 is 0 Å². The molecular formula is C15H29N3O. The molecule has 4 nitrogen and oxygen atoms in total. The van der Waals surface area contributed by atoms with Crippen molar-refractivity contribution in [2.75, 3.05) is 19.6 Å². The van der Waals surface area contributed by atoms with Gasteiger partial charge in [-0.15, -0.1) is 0 Å². The van der Waals surface area contributed by atoms with Crippen LogP contribution in [-0.4, -0.2) is 42.5 Å². The maximum atomic E-state index is 12.1. The van der Waals surface area contributed by atoms with Crippen LogP contribution in [0.5, 0.6) is 0 Å². The van der Waals surface area contributed by atoms with Gasteiger partial charge in [0.25, 0.3) is 0 Å². The molecule has 1 amide bonds. The molecule has 1 aliphatic heterocycles. The SMILES string of the molecule is CC1(C)CN(CC(=O)NC2CCCCC2)CCC1N. The second kappa shape index (κ2) is 6.23. The number of likely N-dealkylation sites (tertiary alicyclic amines) is 1. The zero-order valence-electron chi connectivity index (χ0n) is 12.5. The summed E-state index contributed by atoms with van der Waals surface area (Å²) in [6.07, 6.45) is 7.14. The van der Waals surface area contributed by atoms with Gasteiger partial charge < -0.3 is 11.1 Å². The Morgan fingerprint density at radius 2 is 1.95 bits per heavy atom. The molecule has 4 heteroatoms. The van der Waals surface area contributed by atoms with Gasteiger partial charge in [-0.3, -0.25) is 9.69 Å². The smallest absolute Gasteiger partial charge is 0.234 e. The molecule has 0 aromatic carbocycles. The second-order valence-electron chi connectivity index (χ2n) is 7.00. The topological polar surface area (TPSA) is 58.4 Å². The fourth-order valence-electron chi connectivity index (χ4n) is 3.34. The molecule has 1 aliphatic carbocycles. The Morgan fingerprint density at radius 3 is 2.58 bits per heavy atom. The van der Waals surface area contributed by atoms with Crippen molar-refractivity contribution >= 4 is 5.91 Å². The maximum absolute atomic E-state index is 12.1. The predicted octanol–water partition coefficient (Wildman–Crippen LogP) is 1.49. The average Bonchev–Trinajstić information content (AvgIpc) is 2.34. The van der Waals surface area contributed by atoms with E-state index in [0.717, 1.165) is 32.4 Å². The number of carbonyl (C=O) groups is 1. The van der Waals surface area contributed by atoms with Crippen LogP contribution in [0.25, 0.3) is 0 Å². The zero-order valence-corrected chi connectivity index (χ0v) is 12.5. The second-order valence-corrected chi connectivity index (χ2v) is 7.00. The average molecular weight is 267 g/mol. The van der Waals surface area contributed by atoms with Gasteiger partial charge in [0, 0.05) is 25.2 Å². The molecule has 1 saturated heterocycles. The quantitative estimate of drug-likeness (QED) is 0.814. The number of nitrogens with zero attached hydrogens (tertiary/aromatic N) is 1. The summed E-state index contributed by atoms with van der Waals surface area (Å²) in [4.78, 5) is 14.3. The number of nitrogens with two attached hydrogens (primary N) is 1. The third-order valence-electron chi connectivity index (χ3n) is 4.73. The van der Waals surface area contributed by atoms with Crippen molar-refractivity contribution in [3.05, 3.63) is 0 Å². The highest BCUT2D eigenvalue weighted by atomic mass is 16.2. The van der Waals surface area contributed by atoms with E-state index in [9.17, 15) is 4.79 Å². The third kappa shape index (κ3) is 4.18. The Kier molecular flexibility index (Phi) is 4.85. The largest absolute Gasteiger partial charge is 0.352 e. The molecular weight excluding hydrogens is 238 g/mol. The lowest BCUT2D eigenvalue weighted by atomic mass is 9.80. The van der Waals surface area contributed by atoms with Crippen LogP contribution in [0.1, 0.15) is 52.4 Å². The van der Waals surface area contributed by atoms with E-state index in [0.29, 0.717) is 12.6 Å². The van der Waals surface area contributed by atoms with Gasteiger partial charge in [0.1, 0.15) is 0 Å². The standard InChI is InChI=1S/C15H29N3O/c1-15(2)11-18(9-8-13(15)16)10-14(19)17-12-6-4-3-5-7-12/h12-13H,3-11,16H2,1-2H3,(H,17,19). The molecule has 0 bridgehead atoms. The number of piperidine rings is 1. The molecule has 2 aliphatic rings. The maximum Gasteiger partial charge on any atom is 0.234 e. The van der Waals surface area contributed by atoms with E-state index in [1.54, 1.807) is 0 Å². The first kappa shape index (κ1) is 14.8. The number of hydrogen-bond donors (Lipinski definition) is 2. The summed E-state index contributed by atoms with van der Waals surface area (Å²) in [5, 5.41) is 3.19. The number of amides is 1. The highest BCUT2D eigenvalue weighted by molar-refractivity contribution is 5.78. The zero-order chi connectivity index (χ0) is 13.9. The molecule has 1 atom stereocenters. The molecule has 0 spiro atoms. The van der Waals surface area contributed by atoms with Crippen molar-refractivity contribution < 1.29 is 4.79 Å². The minimum absolute atomic E-state index is 0.114. The van der Waals surface area contributed by atoms with Crippen molar-refractivity contribution in [2.24, 2.45) is 11.1 Å². The number of carbonyl (C=O) groups excluding carboxylic acids is 1. The number of hydrogen-bond acceptors (Lipinski definition) is 3. The summed E-state index contributed by atoms with van der Waals surface area (Å²) in [5.74, 6) is 0.193. The molecule has 3 N–H and O–H groups in total. The van der Waals surface area contributed by atoms with Crippen LogP contribution < -0.4 is 11.1 Å². The van der Waals surface area contributed by atoms with Crippen LogP contribution in [0.3, 0.4) is 0 Å². The monoisotopic (exact) mass is 267 g/mol. The van der Waals surface area contributed by atoms with Crippen LogP contribution in [0.4, 0.5) is 0 Å². The summed E-state index contributed by atoms with van der Waals surface area (Å²) in [5.41, 5.74) is 6.24.